The number of halogens is 1. The fraction of sp³-hybridized carbons (Fsp3) is 0.300. The van der Waals surface area contributed by atoms with Crippen molar-refractivity contribution in [3.8, 4) is 0 Å². The Labute approximate surface area is 181 Å². The quantitative estimate of drug-likeness (QED) is 0.285. The van der Waals surface area contributed by atoms with Crippen molar-refractivity contribution in [3.63, 3.8) is 0 Å². The van der Waals surface area contributed by atoms with E-state index in [9.17, 15) is 5.21 Å². The summed E-state index contributed by atoms with van der Waals surface area (Å²) >= 11 is 8.10. The van der Waals surface area contributed by atoms with Crippen LogP contribution in [0.15, 0.2) is 40.6 Å². The van der Waals surface area contributed by atoms with Crippen LogP contribution in [0.2, 0.25) is 5.02 Å². The predicted octanol–water partition coefficient (Wildman–Crippen LogP) is 2.97. The summed E-state index contributed by atoms with van der Waals surface area (Å²) < 4.78 is 0.815. The predicted molar refractivity (Wildman–Crippen MR) is 116 cm³/mol. The Bertz CT molecular complexity index is 1300. The molecule has 1 aliphatic heterocycles. The number of rotatable bonds is 4. The van der Waals surface area contributed by atoms with Crippen LogP contribution >= 0.6 is 23.4 Å². The number of anilines is 1. The highest BCUT2D eigenvalue weighted by Crippen LogP contribution is 2.47. The van der Waals surface area contributed by atoms with Crippen LogP contribution in [0.25, 0.3) is 22.1 Å². The van der Waals surface area contributed by atoms with Gasteiger partial charge in [0, 0.05) is 54.0 Å². The normalized spacial score (nSPS) is 17.1. The number of H-pyrrole nitrogens is 1. The molecule has 3 N–H and O–H groups in total. The van der Waals surface area contributed by atoms with Crippen molar-refractivity contribution in [2.45, 2.75) is 34.9 Å². The molecule has 152 valence electrons. The standard InChI is InChI=1S/C20H18ClN7OS/c21-16-15-18(24-17(16)10-3-4-10)25-20(26-19(15)27-8-11(22)9-27)30-12-6-14-13(23-7-12)2-1-5-28(14)29/h1-2,5-7,10-11H,3-4,8-9,22H2,(H,24,25,26). The summed E-state index contributed by atoms with van der Waals surface area (Å²) in [5.41, 5.74) is 8.96. The molecule has 0 atom stereocenters. The summed E-state index contributed by atoms with van der Waals surface area (Å²) in [5.74, 6) is 1.29. The molecular formula is C20H18ClN7OS. The Morgan fingerprint density at radius 2 is 2.13 bits per heavy atom. The number of nitrogens with two attached hydrogens (primary N) is 1. The molecule has 1 saturated heterocycles. The Hall–Kier alpha value is -2.62. The minimum atomic E-state index is 0.143. The van der Waals surface area contributed by atoms with Crippen molar-refractivity contribution >= 4 is 51.2 Å². The fourth-order valence-corrected chi connectivity index (χ4v) is 4.99. The summed E-state index contributed by atoms with van der Waals surface area (Å²) in [6.07, 6.45) is 5.48. The van der Waals surface area contributed by atoms with Gasteiger partial charge >= 0.3 is 0 Å². The monoisotopic (exact) mass is 439 g/mol. The van der Waals surface area contributed by atoms with E-state index in [-0.39, 0.29) is 6.04 Å². The molecule has 0 amide bonds. The van der Waals surface area contributed by atoms with Gasteiger partial charge in [0.1, 0.15) is 17.0 Å². The zero-order chi connectivity index (χ0) is 20.4. The number of hydrogen-bond donors (Lipinski definition) is 2. The second-order valence-corrected chi connectivity index (χ2v) is 9.28. The maximum absolute atomic E-state index is 12.1. The number of nitrogens with one attached hydrogen (secondary N) is 1. The van der Waals surface area contributed by atoms with Crippen molar-refractivity contribution < 1.29 is 4.73 Å². The topological polar surface area (TPSA) is 111 Å². The lowest BCUT2D eigenvalue weighted by Crippen LogP contribution is -2.56. The Balaban J connectivity index is 1.44. The number of pyridine rings is 2. The maximum Gasteiger partial charge on any atom is 0.243 e. The first-order chi connectivity index (χ1) is 14.6. The number of aromatic amines is 1. The van der Waals surface area contributed by atoms with Crippen LogP contribution in [0, 0.1) is 5.21 Å². The van der Waals surface area contributed by atoms with Crippen LogP contribution in [0.1, 0.15) is 24.5 Å². The highest BCUT2D eigenvalue weighted by Gasteiger charge is 2.33. The van der Waals surface area contributed by atoms with Crippen LogP contribution in [0.3, 0.4) is 0 Å². The van der Waals surface area contributed by atoms with E-state index in [1.165, 1.54) is 18.0 Å². The number of fused-ring (bicyclic) bond motifs is 2. The lowest BCUT2D eigenvalue weighted by Gasteiger charge is -2.38. The largest absolute Gasteiger partial charge is 0.618 e. The molecule has 1 saturated carbocycles. The highest BCUT2D eigenvalue weighted by atomic mass is 35.5. The van der Waals surface area contributed by atoms with Gasteiger partial charge in [-0.2, -0.15) is 4.73 Å². The second-order valence-electron chi connectivity index (χ2n) is 7.86. The molecule has 0 aromatic carbocycles. The second kappa shape index (κ2) is 6.69. The van der Waals surface area contributed by atoms with Gasteiger partial charge in [-0.1, -0.05) is 11.6 Å². The van der Waals surface area contributed by atoms with Gasteiger partial charge in [-0.15, -0.1) is 0 Å². The van der Waals surface area contributed by atoms with Crippen LogP contribution in [0.5, 0.6) is 0 Å². The Morgan fingerprint density at radius 1 is 1.30 bits per heavy atom. The van der Waals surface area contributed by atoms with Gasteiger partial charge in [0.15, 0.2) is 11.4 Å². The lowest BCUT2D eigenvalue weighted by atomic mass is 10.1. The molecule has 30 heavy (non-hydrogen) atoms. The van der Waals surface area contributed by atoms with E-state index >= 15 is 0 Å². The molecule has 0 unspecified atom stereocenters. The molecule has 6 rings (SSSR count). The van der Waals surface area contributed by atoms with E-state index in [2.05, 4.69) is 14.9 Å². The smallest absolute Gasteiger partial charge is 0.243 e. The van der Waals surface area contributed by atoms with Gasteiger partial charge in [0.05, 0.1) is 10.4 Å². The van der Waals surface area contributed by atoms with Crippen LogP contribution in [-0.2, 0) is 0 Å². The third-order valence-corrected chi connectivity index (χ3v) is 6.78. The van der Waals surface area contributed by atoms with Crippen molar-refractivity contribution in [2.24, 2.45) is 5.73 Å². The SMILES string of the molecule is NC1CN(c2nc(Sc3cnc4ccc[n+]([O-])c4c3)nc3[nH]c(C4CC4)c(Cl)c23)C1. The summed E-state index contributed by atoms with van der Waals surface area (Å²) in [6, 6.07) is 5.45. The highest BCUT2D eigenvalue weighted by molar-refractivity contribution is 7.99. The number of aromatic nitrogens is 5. The average molecular weight is 440 g/mol. The average Bonchev–Trinajstić information content (AvgIpc) is 3.50. The van der Waals surface area contributed by atoms with E-state index < -0.39 is 0 Å². The molecule has 2 aliphatic rings. The third-order valence-electron chi connectivity index (χ3n) is 5.57. The molecule has 4 aromatic heterocycles. The molecule has 5 heterocycles. The van der Waals surface area contributed by atoms with Gasteiger partial charge in [-0.25, -0.2) is 15.0 Å². The molecule has 4 aromatic rings. The summed E-state index contributed by atoms with van der Waals surface area (Å²) in [7, 11) is 0. The first-order valence-electron chi connectivity index (χ1n) is 9.82. The molecular weight excluding hydrogens is 422 g/mol. The summed E-state index contributed by atoms with van der Waals surface area (Å²) in [5, 5.41) is 14.2. The lowest BCUT2D eigenvalue weighted by molar-refractivity contribution is -0.577. The molecule has 0 bridgehead atoms. The van der Waals surface area contributed by atoms with Crippen LogP contribution < -0.4 is 15.4 Å². The molecule has 2 fully saturated rings. The molecule has 0 spiro atoms. The minimum absolute atomic E-state index is 0.143. The summed E-state index contributed by atoms with van der Waals surface area (Å²) in [6.45, 7) is 1.48. The van der Waals surface area contributed by atoms with Gasteiger partial charge < -0.3 is 20.8 Å². The molecule has 0 radical (unpaired) electrons. The molecule has 10 heteroatoms. The van der Waals surface area contributed by atoms with E-state index in [4.69, 9.17) is 27.3 Å². The van der Waals surface area contributed by atoms with Gasteiger partial charge in [-0.05, 0) is 30.7 Å². The van der Waals surface area contributed by atoms with Gasteiger partial charge in [0.2, 0.25) is 5.52 Å². The van der Waals surface area contributed by atoms with E-state index in [0.29, 0.717) is 22.1 Å². The van der Waals surface area contributed by atoms with Crippen molar-refractivity contribution in [1.29, 1.82) is 0 Å². The first kappa shape index (κ1) is 18.2. The van der Waals surface area contributed by atoms with E-state index in [1.807, 2.05) is 12.1 Å². The summed E-state index contributed by atoms with van der Waals surface area (Å²) in [4.78, 5) is 20.3. The molecule has 8 nitrogen and oxygen atoms in total. The van der Waals surface area contributed by atoms with Crippen LogP contribution in [-0.4, -0.2) is 39.1 Å². The first-order valence-corrected chi connectivity index (χ1v) is 11.0. The van der Waals surface area contributed by atoms with E-state index in [1.54, 1.807) is 12.3 Å². The Kier molecular flexibility index (Phi) is 4.06. The Morgan fingerprint density at radius 3 is 2.90 bits per heavy atom. The zero-order valence-electron chi connectivity index (χ0n) is 15.9. The zero-order valence-corrected chi connectivity index (χ0v) is 17.5. The van der Waals surface area contributed by atoms with Crippen LogP contribution in [0.4, 0.5) is 5.82 Å². The van der Waals surface area contributed by atoms with Crippen molar-refractivity contribution in [1.82, 2.24) is 19.9 Å². The van der Waals surface area contributed by atoms with Crippen molar-refractivity contribution in [2.75, 3.05) is 18.0 Å². The van der Waals surface area contributed by atoms with Gasteiger partial charge in [-0.3, -0.25) is 0 Å². The third kappa shape index (κ3) is 2.96. The number of nitrogens with zero attached hydrogens (tertiary/aromatic N) is 5. The molecule has 1 aliphatic carbocycles. The maximum atomic E-state index is 12.1. The van der Waals surface area contributed by atoms with E-state index in [0.717, 1.165) is 63.1 Å². The number of hydrogen-bond acceptors (Lipinski definition) is 7. The fourth-order valence-electron chi connectivity index (χ4n) is 3.86. The van der Waals surface area contributed by atoms with Gasteiger partial charge in [0.25, 0.3) is 0 Å². The van der Waals surface area contributed by atoms with Crippen molar-refractivity contribution in [3.05, 3.63) is 46.5 Å². The minimum Gasteiger partial charge on any atom is -0.618 e.